The lowest BCUT2D eigenvalue weighted by atomic mass is 9.63. The van der Waals surface area contributed by atoms with Crippen molar-refractivity contribution in [3.8, 4) is 0 Å². The van der Waals surface area contributed by atoms with E-state index in [0.29, 0.717) is 0 Å². The van der Waals surface area contributed by atoms with Gasteiger partial charge >= 0.3 is 5.97 Å². The first-order valence-electron chi connectivity index (χ1n) is 7.58. The van der Waals surface area contributed by atoms with Crippen LogP contribution in [-0.2, 0) is 9.59 Å². The Labute approximate surface area is 137 Å². The summed E-state index contributed by atoms with van der Waals surface area (Å²) in [6, 6.07) is 4.24. The Morgan fingerprint density at radius 3 is 2.13 bits per heavy atom. The van der Waals surface area contributed by atoms with Crippen molar-refractivity contribution < 1.29 is 19.5 Å². The number of carbonyl (C=O) groups excluding carboxylic acids is 2. The standard InChI is InChI=1S/C17H14ClNO4/c18-12-6-5-10(7-11(12)17(22)23)19-15(20)13-8-1-2-9(4-3-8)14(13)16(19)21/h1-2,5-9,13-14H,3-4H2,(H,22,23)/t8-,9-,13+,14+/m0/s1. The summed E-state index contributed by atoms with van der Waals surface area (Å²) in [4.78, 5) is 38.0. The normalized spacial score (nSPS) is 31.6. The maximum absolute atomic E-state index is 12.8. The number of imide groups is 1. The number of carboxylic acid groups (broad SMARTS) is 1. The van der Waals surface area contributed by atoms with Crippen molar-refractivity contribution in [1.29, 1.82) is 0 Å². The zero-order chi connectivity index (χ0) is 16.3. The number of allylic oxidation sites excluding steroid dienone is 2. The van der Waals surface area contributed by atoms with E-state index >= 15 is 0 Å². The van der Waals surface area contributed by atoms with E-state index < -0.39 is 5.97 Å². The van der Waals surface area contributed by atoms with Crippen LogP contribution in [0, 0.1) is 23.7 Å². The van der Waals surface area contributed by atoms with Crippen molar-refractivity contribution in [3.05, 3.63) is 40.9 Å². The maximum atomic E-state index is 12.8. The highest BCUT2D eigenvalue weighted by Gasteiger charge is 2.56. The average molecular weight is 332 g/mol. The molecule has 6 heteroatoms. The molecule has 2 fully saturated rings. The Bertz CT molecular complexity index is 740. The molecule has 5 nitrogen and oxygen atoms in total. The van der Waals surface area contributed by atoms with Crippen LogP contribution in [0.15, 0.2) is 30.4 Å². The molecular formula is C17H14ClNO4. The second-order valence-electron chi connectivity index (χ2n) is 6.32. The summed E-state index contributed by atoms with van der Waals surface area (Å²) in [5.41, 5.74) is 0.177. The molecule has 2 amide bonds. The fraction of sp³-hybridized carbons (Fsp3) is 0.353. The predicted octanol–water partition coefficient (Wildman–Crippen LogP) is 2.74. The fourth-order valence-electron chi connectivity index (χ4n) is 4.14. The van der Waals surface area contributed by atoms with Crippen LogP contribution in [-0.4, -0.2) is 22.9 Å². The molecule has 1 heterocycles. The Morgan fingerprint density at radius 1 is 1.09 bits per heavy atom. The third-order valence-electron chi connectivity index (χ3n) is 5.20. The minimum atomic E-state index is -1.19. The van der Waals surface area contributed by atoms with E-state index in [9.17, 15) is 19.5 Å². The van der Waals surface area contributed by atoms with E-state index in [0.717, 1.165) is 17.7 Å². The van der Waals surface area contributed by atoms with Gasteiger partial charge in [-0.2, -0.15) is 0 Å². The van der Waals surface area contributed by atoms with E-state index in [4.69, 9.17) is 11.6 Å². The first-order valence-corrected chi connectivity index (χ1v) is 7.96. The number of fused-ring (bicyclic) bond motifs is 1. The summed E-state index contributed by atoms with van der Waals surface area (Å²) >= 11 is 5.87. The smallest absolute Gasteiger partial charge is 0.337 e. The zero-order valence-electron chi connectivity index (χ0n) is 12.1. The number of hydrogen-bond donors (Lipinski definition) is 1. The van der Waals surface area contributed by atoms with Crippen LogP contribution in [0.5, 0.6) is 0 Å². The monoisotopic (exact) mass is 331 g/mol. The van der Waals surface area contributed by atoms with Gasteiger partial charge in [0.05, 0.1) is 28.1 Å². The van der Waals surface area contributed by atoms with E-state index in [1.165, 1.54) is 18.2 Å². The second kappa shape index (κ2) is 4.93. The van der Waals surface area contributed by atoms with E-state index in [2.05, 4.69) is 12.2 Å². The van der Waals surface area contributed by atoms with Crippen LogP contribution in [0.1, 0.15) is 23.2 Å². The quantitative estimate of drug-likeness (QED) is 0.668. The van der Waals surface area contributed by atoms with Crippen LogP contribution in [0.25, 0.3) is 0 Å². The SMILES string of the molecule is O=C(O)c1cc(N2C(=O)[C@H]3[C@H](C2=O)[C@H]2C=C[C@H]3CC2)ccc1Cl. The van der Waals surface area contributed by atoms with Gasteiger partial charge in [0.2, 0.25) is 11.8 Å². The van der Waals surface area contributed by atoms with Crippen molar-refractivity contribution in [2.24, 2.45) is 23.7 Å². The molecule has 1 aliphatic heterocycles. The van der Waals surface area contributed by atoms with Crippen molar-refractivity contribution in [2.75, 3.05) is 4.90 Å². The summed E-state index contributed by atoms with van der Waals surface area (Å²) in [5, 5.41) is 9.27. The van der Waals surface area contributed by atoms with Gasteiger partial charge in [0.25, 0.3) is 0 Å². The summed E-state index contributed by atoms with van der Waals surface area (Å²) in [6.45, 7) is 0. The molecule has 4 aliphatic rings. The second-order valence-corrected chi connectivity index (χ2v) is 6.73. The molecule has 3 aliphatic carbocycles. The van der Waals surface area contributed by atoms with Gasteiger partial charge in [-0.1, -0.05) is 23.8 Å². The fourth-order valence-corrected chi connectivity index (χ4v) is 4.34. The van der Waals surface area contributed by atoms with E-state index in [1.807, 2.05) is 0 Å². The molecule has 0 radical (unpaired) electrons. The number of anilines is 1. The number of carbonyl (C=O) groups is 3. The summed E-state index contributed by atoms with van der Waals surface area (Å²) in [7, 11) is 0. The highest BCUT2D eigenvalue weighted by Crippen LogP contribution is 2.50. The van der Waals surface area contributed by atoms with Gasteiger partial charge < -0.3 is 5.11 Å². The first-order chi connectivity index (χ1) is 11.0. The summed E-state index contributed by atoms with van der Waals surface area (Å²) < 4.78 is 0. The largest absolute Gasteiger partial charge is 0.478 e. The third kappa shape index (κ3) is 1.96. The highest BCUT2D eigenvalue weighted by atomic mass is 35.5. The topological polar surface area (TPSA) is 74.7 Å². The van der Waals surface area contributed by atoms with Crippen molar-refractivity contribution in [3.63, 3.8) is 0 Å². The minimum absolute atomic E-state index is 0.0829. The van der Waals surface area contributed by atoms with Gasteiger partial charge in [-0.25, -0.2) is 9.69 Å². The zero-order valence-corrected chi connectivity index (χ0v) is 12.9. The van der Waals surface area contributed by atoms with Gasteiger partial charge in [-0.05, 0) is 42.9 Å². The lowest BCUT2D eigenvalue weighted by Crippen LogP contribution is -2.38. The van der Waals surface area contributed by atoms with Gasteiger partial charge in [-0.15, -0.1) is 0 Å². The lowest BCUT2D eigenvalue weighted by molar-refractivity contribution is -0.124. The van der Waals surface area contributed by atoms with Crippen LogP contribution < -0.4 is 4.90 Å². The first kappa shape index (κ1) is 14.5. The molecule has 1 N–H and O–H groups in total. The number of nitrogens with zero attached hydrogens (tertiary/aromatic N) is 1. The lowest BCUT2D eigenvalue weighted by Gasteiger charge is -2.38. The van der Waals surface area contributed by atoms with Gasteiger partial charge in [0.1, 0.15) is 0 Å². The average Bonchev–Trinajstić information content (AvgIpc) is 2.83. The summed E-state index contributed by atoms with van der Waals surface area (Å²) in [5.74, 6) is -2.04. The van der Waals surface area contributed by atoms with Crippen LogP contribution in [0.2, 0.25) is 5.02 Å². The molecule has 0 aromatic heterocycles. The van der Waals surface area contributed by atoms with Gasteiger partial charge in [0, 0.05) is 0 Å². The molecule has 4 atom stereocenters. The number of carboxylic acids is 1. The molecule has 118 valence electrons. The Hall–Kier alpha value is -2.14. The van der Waals surface area contributed by atoms with E-state index in [-0.39, 0.29) is 51.8 Å². The molecule has 5 rings (SSSR count). The van der Waals surface area contributed by atoms with E-state index in [1.54, 1.807) is 0 Å². The van der Waals surface area contributed by atoms with Gasteiger partial charge in [0.15, 0.2) is 0 Å². The molecule has 1 saturated heterocycles. The number of amides is 2. The number of halogens is 1. The molecular weight excluding hydrogens is 318 g/mol. The van der Waals surface area contributed by atoms with Crippen LogP contribution in [0.4, 0.5) is 5.69 Å². The number of aromatic carboxylic acids is 1. The highest BCUT2D eigenvalue weighted by molar-refractivity contribution is 6.34. The Kier molecular flexibility index (Phi) is 3.10. The molecule has 0 unspecified atom stereocenters. The Morgan fingerprint density at radius 2 is 1.65 bits per heavy atom. The molecule has 1 aromatic rings. The minimum Gasteiger partial charge on any atom is -0.478 e. The van der Waals surface area contributed by atoms with Crippen molar-refractivity contribution >= 4 is 35.1 Å². The molecule has 1 aromatic carbocycles. The van der Waals surface area contributed by atoms with Crippen LogP contribution in [0.3, 0.4) is 0 Å². The third-order valence-corrected chi connectivity index (χ3v) is 5.53. The van der Waals surface area contributed by atoms with Crippen molar-refractivity contribution in [2.45, 2.75) is 12.8 Å². The molecule has 2 bridgehead atoms. The molecule has 1 saturated carbocycles. The van der Waals surface area contributed by atoms with Gasteiger partial charge in [-0.3, -0.25) is 9.59 Å². The van der Waals surface area contributed by atoms with Crippen molar-refractivity contribution in [1.82, 2.24) is 0 Å². The number of hydrogen-bond acceptors (Lipinski definition) is 3. The Balaban J connectivity index is 1.76. The molecule has 23 heavy (non-hydrogen) atoms. The molecule has 0 spiro atoms. The summed E-state index contributed by atoms with van der Waals surface area (Å²) in [6.07, 6.45) is 5.95. The number of rotatable bonds is 2. The number of benzene rings is 1. The predicted molar refractivity (Wildman–Crippen MR) is 83.2 cm³/mol. The van der Waals surface area contributed by atoms with Crippen LogP contribution >= 0.6 is 11.6 Å². The maximum Gasteiger partial charge on any atom is 0.337 e.